The summed E-state index contributed by atoms with van der Waals surface area (Å²) in [6, 6.07) is 3.37. The number of aliphatic carboxylic acids is 1. The van der Waals surface area contributed by atoms with Gasteiger partial charge in [-0.1, -0.05) is 6.07 Å². The molecular formula is C13H12F3NO3. The molecule has 7 heteroatoms. The summed E-state index contributed by atoms with van der Waals surface area (Å²) >= 11 is 0. The number of amides is 1. The van der Waals surface area contributed by atoms with E-state index < -0.39 is 29.0 Å². The Morgan fingerprint density at radius 3 is 2.35 bits per heavy atom. The van der Waals surface area contributed by atoms with Gasteiger partial charge >= 0.3 is 12.1 Å². The zero-order valence-electron chi connectivity index (χ0n) is 10.5. The van der Waals surface area contributed by atoms with Crippen LogP contribution in [0.2, 0.25) is 0 Å². The van der Waals surface area contributed by atoms with Crippen LogP contribution < -0.4 is 5.32 Å². The second kappa shape index (κ2) is 4.50. The molecule has 0 atom stereocenters. The summed E-state index contributed by atoms with van der Waals surface area (Å²) in [4.78, 5) is 22.8. The van der Waals surface area contributed by atoms with Crippen LogP contribution in [0.15, 0.2) is 18.2 Å². The highest BCUT2D eigenvalue weighted by molar-refractivity contribution is 6.10. The van der Waals surface area contributed by atoms with Crippen molar-refractivity contribution in [3.8, 4) is 0 Å². The SMILES string of the molecule is Cc1ccc(NC(=O)C2(C(=O)O)CC2)cc1C(F)(F)F. The summed E-state index contributed by atoms with van der Waals surface area (Å²) in [5.74, 6) is -2.03. The van der Waals surface area contributed by atoms with Crippen molar-refractivity contribution < 1.29 is 27.9 Å². The lowest BCUT2D eigenvalue weighted by Crippen LogP contribution is -2.31. The highest BCUT2D eigenvalue weighted by atomic mass is 19.4. The molecular weight excluding hydrogens is 275 g/mol. The molecule has 1 aliphatic carbocycles. The number of nitrogens with one attached hydrogen (secondary N) is 1. The number of rotatable bonds is 3. The third-order valence-corrected chi connectivity index (χ3v) is 3.39. The second-order valence-electron chi connectivity index (χ2n) is 4.87. The maximum absolute atomic E-state index is 12.7. The molecule has 4 nitrogen and oxygen atoms in total. The quantitative estimate of drug-likeness (QED) is 0.840. The van der Waals surface area contributed by atoms with E-state index in [4.69, 9.17) is 5.11 Å². The third-order valence-electron chi connectivity index (χ3n) is 3.39. The molecule has 1 saturated carbocycles. The number of alkyl halides is 3. The van der Waals surface area contributed by atoms with E-state index in [9.17, 15) is 22.8 Å². The molecule has 0 aromatic heterocycles. The molecule has 108 valence electrons. The van der Waals surface area contributed by atoms with Gasteiger partial charge in [0.25, 0.3) is 0 Å². The van der Waals surface area contributed by atoms with Crippen LogP contribution >= 0.6 is 0 Å². The van der Waals surface area contributed by atoms with Gasteiger partial charge < -0.3 is 10.4 Å². The molecule has 2 rings (SSSR count). The maximum atomic E-state index is 12.7. The molecule has 1 aromatic rings. The molecule has 0 spiro atoms. The van der Waals surface area contributed by atoms with Crippen molar-refractivity contribution in [2.45, 2.75) is 25.9 Å². The average molecular weight is 287 g/mol. The Morgan fingerprint density at radius 2 is 1.90 bits per heavy atom. The Hall–Kier alpha value is -2.05. The van der Waals surface area contributed by atoms with Gasteiger partial charge in [-0.05, 0) is 37.5 Å². The van der Waals surface area contributed by atoms with E-state index in [2.05, 4.69) is 5.32 Å². The normalized spacial score (nSPS) is 16.6. The topological polar surface area (TPSA) is 66.4 Å². The summed E-state index contributed by atoms with van der Waals surface area (Å²) in [6.45, 7) is 1.31. The molecule has 0 bridgehead atoms. The number of carbonyl (C=O) groups is 2. The van der Waals surface area contributed by atoms with Crippen molar-refractivity contribution in [1.29, 1.82) is 0 Å². The van der Waals surface area contributed by atoms with Crippen LogP contribution in [0.1, 0.15) is 24.0 Å². The van der Waals surface area contributed by atoms with Gasteiger partial charge in [0.05, 0.1) is 5.56 Å². The number of carbonyl (C=O) groups excluding carboxylic acids is 1. The van der Waals surface area contributed by atoms with Gasteiger partial charge in [-0.15, -0.1) is 0 Å². The predicted octanol–water partition coefficient (Wildman–Crippen LogP) is 2.82. The zero-order chi connectivity index (χ0) is 15.1. The first-order valence-corrected chi connectivity index (χ1v) is 5.89. The minimum absolute atomic E-state index is 0.0369. The smallest absolute Gasteiger partial charge is 0.416 e. The number of aryl methyl sites for hydroxylation is 1. The Kier molecular flexibility index (Phi) is 3.23. The Balaban J connectivity index is 2.23. The average Bonchev–Trinajstić information content (AvgIpc) is 3.11. The molecule has 0 unspecified atom stereocenters. The van der Waals surface area contributed by atoms with Gasteiger partial charge in [0.15, 0.2) is 0 Å². The van der Waals surface area contributed by atoms with Crippen molar-refractivity contribution >= 4 is 17.6 Å². The largest absolute Gasteiger partial charge is 0.480 e. The van der Waals surface area contributed by atoms with Crippen LogP contribution in [0.25, 0.3) is 0 Å². The lowest BCUT2D eigenvalue weighted by atomic mass is 10.1. The Morgan fingerprint density at radius 1 is 1.30 bits per heavy atom. The molecule has 0 heterocycles. The molecule has 0 saturated heterocycles. The highest BCUT2D eigenvalue weighted by Crippen LogP contribution is 2.47. The molecule has 1 amide bonds. The van der Waals surface area contributed by atoms with Gasteiger partial charge in [0.2, 0.25) is 5.91 Å². The fourth-order valence-corrected chi connectivity index (χ4v) is 1.92. The van der Waals surface area contributed by atoms with Crippen molar-refractivity contribution in [2.75, 3.05) is 5.32 Å². The van der Waals surface area contributed by atoms with Crippen LogP contribution in [0.4, 0.5) is 18.9 Å². The van der Waals surface area contributed by atoms with Gasteiger partial charge in [-0.2, -0.15) is 13.2 Å². The van der Waals surface area contributed by atoms with Crippen molar-refractivity contribution in [1.82, 2.24) is 0 Å². The number of carboxylic acid groups (broad SMARTS) is 1. The Bertz CT molecular complexity index is 577. The highest BCUT2D eigenvalue weighted by Gasteiger charge is 2.57. The molecule has 2 N–H and O–H groups in total. The van der Waals surface area contributed by atoms with Crippen LogP contribution in [-0.2, 0) is 15.8 Å². The Labute approximate surface area is 112 Å². The van der Waals surface area contributed by atoms with E-state index in [0.717, 1.165) is 6.07 Å². The molecule has 1 aliphatic rings. The van der Waals surface area contributed by atoms with E-state index in [0.29, 0.717) is 0 Å². The van der Waals surface area contributed by atoms with Crippen LogP contribution in [0, 0.1) is 12.3 Å². The molecule has 20 heavy (non-hydrogen) atoms. The monoisotopic (exact) mass is 287 g/mol. The lowest BCUT2D eigenvalue weighted by Gasteiger charge is -2.14. The summed E-state index contributed by atoms with van der Waals surface area (Å²) in [5, 5.41) is 11.2. The van der Waals surface area contributed by atoms with E-state index in [1.54, 1.807) is 0 Å². The molecule has 1 fully saturated rings. The molecule has 0 radical (unpaired) electrons. The van der Waals surface area contributed by atoms with E-state index in [-0.39, 0.29) is 24.1 Å². The van der Waals surface area contributed by atoms with Crippen molar-refractivity contribution in [3.63, 3.8) is 0 Å². The number of halogens is 3. The molecule has 0 aliphatic heterocycles. The van der Waals surface area contributed by atoms with E-state index >= 15 is 0 Å². The first-order chi connectivity index (χ1) is 9.17. The number of anilines is 1. The summed E-state index contributed by atoms with van der Waals surface area (Å²) in [6.07, 6.45) is -4.12. The number of hydrogen-bond donors (Lipinski definition) is 2. The minimum atomic E-state index is -4.52. The van der Waals surface area contributed by atoms with E-state index in [1.807, 2.05) is 0 Å². The van der Waals surface area contributed by atoms with Gasteiger partial charge in [-0.3, -0.25) is 9.59 Å². The zero-order valence-corrected chi connectivity index (χ0v) is 10.5. The van der Waals surface area contributed by atoms with Gasteiger partial charge in [0, 0.05) is 5.69 Å². The second-order valence-corrected chi connectivity index (χ2v) is 4.87. The maximum Gasteiger partial charge on any atom is 0.416 e. The van der Waals surface area contributed by atoms with Crippen LogP contribution in [0.3, 0.4) is 0 Å². The lowest BCUT2D eigenvalue weighted by molar-refractivity contribution is -0.147. The third kappa shape index (κ3) is 2.48. The number of hydrogen-bond acceptors (Lipinski definition) is 2. The van der Waals surface area contributed by atoms with Crippen molar-refractivity contribution in [3.05, 3.63) is 29.3 Å². The van der Waals surface area contributed by atoms with Crippen LogP contribution in [-0.4, -0.2) is 17.0 Å². The first-order valence-electron chi connectivity index (χ1n) is 5.89. The standard InChI is InChI=1S/C13H12F3NO3/c1-7-2-3-8(6-9(7)13(14,15)16)17-10(18)12(4-5-12)11(19)20/h2-3,6H,4-5H2,1H3,(H,17,18)(H,19,20). The molecule has 1 aromatic carbocycles. The minimum Gasteiger partial charge on any atom is -0.480 e. The fraction of sp³-hybridized carbons (Fsp3) is 0.385. The van der Waals surface area contributed by atoms with Crippen LogP contribution in [0.5, 0.6) is 0 Å². The number of carboxylic acids is 1. The fourth-order valence-electron chi connectivity index (χ4n) is 1.92. The number of benzene rings is 1. The van der Waals surface area contributed by atoms with Gasteiger partial charge in [0.1, 0.15) is 5.41 Å². The predicted molar refractivity (Wildman–Crippen MR) is 64.1 cm³/mol. The first kappa shape index (κ1) is 14.4. The van der Waals surface area contributed by atoms with Gasteiger partial charge in [-0.25, -0.2) is 0 Å². The van der Waals surface area contributed by atoms with Crippen molar-refractivity contribution in [2.24, 2.45) is 5.41 Å². The summed E-state index contributed by atoms with van der Waals surface area (Å²) in [7, 11) is 0. The summed E-state index contributed by atoms with van der Waals surface area (Å²) in [5.41, 5.74) is -2.35. The van der Waals surface area contributed by atoms with E-state index in [1.165, 1.54) is 19.1 Å². The summed E-state index contributed by atoms with van der Waals surface area (Å²) < 4.78 is 38.2.